The van der Waals surface area contributed by atoms with E-state index in [1.807, 2.05) is 17.0 Å². The van der Waals surface area contributed by atoms with Gasteiger partial charge in [0.1, 0.15) is 0 Å². The molecular formula is C21H29N5O2. The highest BCUT2D eigenvalue weighted by Crippen LogP contribution is 2.37. The predicted octanol–water partition coefficient (Wildman–Crippen LogP) is 2.49. The van der Waals surface area contributed by atoms with Crippen LogP contribution in [0.25, 0.3) is 0 Å². The summed E-state index contributed by atoms with van der Waals surface area (Å²) in [7, 11) is 0. The second-order valence-electron chi connectivity index (χ2n) is 7.36. The first-order chi connectivity index (χ1) is 13.7. The Balaban J connectivity index is 1.50. The van der Waals surface area contributed by atoms with Gasteiger partial charge in [0.25, 0.3) is 0 Å². The maximum absolute atomic E-state index is 12.9. The first-order valence-corrected chi connectivity index (χ1v) is 10.1. The van der Waals surface area contributed by atoms with E-state index in [9.17, 15) is 4.79 Å². The van der Waals surface area contributed by atoms with E-state index in [2.05, 4.69) is 26.0 Å². The molecule has 1 aromatic rings. The van der Waals surface area contributed by atoms with Crippen molar-refractivity contribution in [2.45, 2.75) is 44.3 Å². The van der Waals surface area contributed by atoms with Gasteiger partial charge in [0.15, 0.2) is 5.66 Å². The van der Waals surface area contributed by atoms with E-state index in [0.717, 1.165) is 57.8 Å². The largest absolute Gasteiger partial charge is 0.379 e. The summed E-state index contributed by atoms with van der Waals surface area (Å²) >= 11 is 0. The van der Waals surface area contributed by atoms with Crippen LogP contribution in [0.2, 0.25) is 0 Å². The lowest BCUT2D eigenvalue weighted by atomic mass is 10.0. The van der Waals surface area contributed by atoms with E-state index in [1.165, 1.54) is 0 Å². The van der Waals surface area contributed by atoms with Gasteiger partial charge in [-0.1, -0.05) is 0 Å². The van der Waals surface area contributed by atoms with Gasteiger partial charge in [-0.15, -0.1) is 12.3 Å². The quantitative estimate of drug-likeness (QED) is 0.551. The maximum Gasteiger partial charge on any atom is 0.223 e. The highest BCUT2D eigenvalue weighted by atomic mass is 16.5. The Bertz CT molecular complexity index is 688. The summed E-state index contributed by atoms with van der Waals surface area (Å²) in [5, 5.41) is 8.28. The van der Waals surface area contributed by atoms with Crippen LogP contribution in [0.5, 0.6) is 0 Å². The highest BCUT2D eigenvalue weighted by molar-refractivity contribution is 5.76. The third-order valence-electron chi connectivity index (χ3n) is 5.27. The van der Waals surface area contributed by atoms with Crippen LogP contribution in [-0.4, -0.2) is 65.7 Å². The summed E-state index contributed by atoms with van der Waals surface area (Å²) in [6.45, 7) is 5.87. The average Bonchev–Trinajstić information content (AvgIpc) is 3.51. The number of carbonyl (C=O) groups is 1. The van der Waals surface area contributed by atoms with E-state index in [4.69, 9.17) is 11.2 Å². The SMILES string of the molecule is C#CCCC1(CCC(=O)N(CCCN2CCOCC2)Cc2ccncc2)N=N1. The van der Waals surface area contributed by atoms with Crippen LogP contribution in [0.15, 0.2) is 34.8 Å². The van der Waals surface area contributed by atoms with Crippen LogP contribution in [0.1, 0.15) is 37.7 Å². The van der Waals surface area contributed by atoms with E-state index >= 15 is 0 Å². The lowest BCUT2D eigenvalue weighted by Gasteiger charge is -2.28. The number of pyridine rings is 1. The molecule has 1 amide bonds. The van der Waals surface area contributed by atoms with Crippen molar-refractivity contribution in [3.8, 4) is 12.3 Å². The molecule has 0 unspecified atom stereocenters. The minimum absolute atomic E-state index is 0.149. The summed E-state index contributed by atoms with van der Waals surface area (Å²) in [5.41, 5.74) is 0.690. The molecule has 0 atom stereocenters. The zero-order chi connectivity index (χ0) is 19.7. The fourth-order valence-electron chi connectivity index (χ4n) is 3.44. The lowest BCUT2D eigenvalue weighted by Crippen LogP contribution is -2.39. The first kappa shape index (κ1) is 20.4. The Hall–Kier alpha value is -2.30. The number of carbonyl (C=O) groups excluding carboxylic acids is 1. The predicted molar refractivity (Wildman–Crippen MR) is 106 cm³/mol. The zero-order valence-electron chi connectivity index (χ0n) is 16.4. The third-order valence-corrected chi connectivity index (χ3v) is 5.27. The molecule has 2 aliphatic heterocycles. The van der Waals surface area contributed by atoms with Crippen LogP contribution in [0.4, 0.5) is 0 Å². The zero-order valence-corrected chi connectivity index (χ0v) is 16.4. The molecule has 0 saturated carbocycles. The monoisotopic (exact) mass is 383 g/mol. The van der Waals surface area contributed by atoms with E-state index in [1.54, 1.807) is 12.4 Å². The molecule has 150 valence electrons. The van der Waals surface area contributed by atoms with Crippen LogP contribution in [0, 0.1) is 12.3 Å². The van der Waals surface area contributed by atoms with Gasteiger partial charge >= 0.3 is 0 Å². The number of ether oxygens (including phenoxy) is 1. The molecule has 2 aliphatic rings. The lowest BCUT2D eigenvalue weighted by molar-refractivity contribution is -0.132. The Kier molecular flexibility index (Phi) is 7.52. The number of rotatable bonds is 11. The molecule has 0 N–H and O–H groups in total. The minimum Gasteiger partial charge on any atom is -0.379 e. The number of morpholine rings is 1. The molecule has 1 fully saturated rings. The van der Waals surface area contributed by atoms with Crippen molar-refractivity contribution in [1.29, 1.82) is 0 Å². The van der Waals surface area contributed by atoms with Crippen LogP contribution in [-0.2, 0) is 16.1 Å². The Labute approximate surface area is 167 Å². The van der Waals surface area contributed by atoms with Gasteiger partial charge in [-0.05, 0) is 24.1 Å². The highest BCUT2D eigenvalue weighted by Gasteiger charge is 2.39. The summed E-state index contributed by atoms with van der Waals surface area (Å²) in [6, 6.07) is 3.92. The average molecular weight is 383 g/mol. The number of aromatic nitrogens is 1. The van der Waals surface area contributed by atoms with Crippen molar-refractivity contribution < 1.29 is 9.53 Å². The normalized spacial score (nSPS) is 17.8. The van der Waals surface area contributed by atoms with Gasteiger partial charge in [-0.2, -0.15) is 10.2 Å². The Morgan fingerprint density at radius 3 is 2.68 bits per heavy atom. The van der Waals surface area contributed by atoms with Crippen LogP contribution in [0.3, 0.4) is 0 Å². The van der Waals surface area contributed by atoms with Crippen molar-refractivity contribution in [3.63, 3.8) is 0 Å². The Morgan fingerprint density at radius 1 is 1.25 bits per heavy atom. The van der Waals surface area contributed by atoms with Crippen LogP contribution >= 0.6 is 0 Å². The van der Waals surface area contributed by atoms with Gasteiger partial charge in [0.05, 0.1) is 13.2 Å². The first-order valence-electron chi connectivity index (χ1n) is 10.1. The number of hydrogen-bond acceptors (Lipinski definition) is 6. The Morgan fingerprint density at radius 2 is 2.00 bits per heavy atom. The number of terminal acetylenes is 1. The van der Waals surface area contributed by atoms with Crippen molar-refractivity contribution in [3.05, 3.63) is 30.1 Å². The van der Waals surface area contributed by atoms with Gasteiger partial charge < -0.3 is 9.64 Å². The molecule has 3 heterocycles. The molecular weight excluding hydrogens is 354 g/mol. The van der Waals surface area contributed by atoms with Crippen molar-refractivity contribution in [2.75, 3.05) is 39.4 Å². The molecule has 0 aromatic carbocycles. The van der Waals surface area contributed by atoms with Crippen LogP contribution < -0.4 is 0 Å². The second kappa shape index (κ2) is 10.3. The molecule has 3 rings (SSSR count). The molecule has 1 aromatic heterocycles. The molecule has 7 nitrogen and oxygen atoms in total. The summed E-state index contributed by atoms with van der Waals surface area (Å²) in [4.78, 5) is 21.3. The van der Waals surface area contributed by atoms with Crippen molar-refractivity contribution in [2.24, 2.45) is 10.2 Å². The summed E-state index contributed by atoms with van der Waals surface area (Å²) in [6.07, 6.45) is 12.3. The number of nitrogens with zero attached hydrogens (tertiary/aromatic N) is 5. The van der Waals surface area contributed by atoms with E-state index in [-0.39, 0.29) is 5.91 Å². The third kappa shape index (κ3) is 6.39. The topological polar surface area (TPSA) is 70.4 Å². The minimum atomic E-state index is -0.405. The fraction of sp³-hybridized carbons (Fsp3) is 0.619. The van der Waals surface area contributed by atoms with E-state index in [0.29, 0.717) is 25.8 Å². The van der Waals surface area contributed by atoms with Crippen molar-refractivity contribution in [1.82, 2.24) is 14.8 Å². The van der Waals surface area contributed by atoms with Gasteiger partial charge in [-0.3, -0.25) is 14.7 Å². The van der Waals surface area contributed by atoms with Gasteiger partial charge in [0.2, 0.25) is 5.91 Å². The summed E-state index contributed by atoms with van der Waals surface area (Å²) < 4.78 is 5.40. The standard InChI is InChI=1S/C21H29N5O2/c1-2-3-8-21(23-24-21)9-5-20(27)26(18-19-6-10-22-11-7-19)13-4-12-25-14-16-28-17-15-25/h1,6-7,10-11H,3-5,8-9,12-18H2. The molecule has 7 heteroatoms. The molecule has 0 spiro atoms. The van der Waals surface area contributed by atoms with Gasteiger partial charge in [-0.25, -0.2) is 0 Å². The number of hydrogen-bond donors (Lipinski definition) is 0. The fourth-order valence-corrected chi connectivity index (χ4v) is 3.44. The molecule has 1 saturated heterocycles. The smallest absolute Gasteiger partial charge is 0.223 e. The van der Waals surface area contributed by atoms with Crippen molar-refractivity contribution >= 4 is 5.91 Å². The molecule has 0 aliphatic carbocycles. The molecule has 0 bridgehead atoms. The van der Waals surface area contributed by atoms with Gasteiger partial charge in [0, 0.05) is 70.8 Å². The second-order valence-corrected chi connectivity index (χ2v) is 7.36. The van der Waals surface area contributed by atoms with E-state index < -0.39 is 5.66 Å². The number of amides is 1. The maximum atomic E-state index is 12.9. The molecule has 0 radical (unpaired) electrons. The summed E-state index contributed by atoms with van der Waals surface area (Å²) in [5.74, 6) is 2.78. The molecule has 28 heavy (non-hydrogen) atoms.